The highest BCUT2D eigenvalue weighted by molar-refractivity contribution is 5.73. The first-order chi connectivity index (χ1) is 10.1. The molecule has 0 aliphatic carbocycles. The average molecular weight is 289 g/mol. The molecule has 114 valence electrons. The molecule has 0 N–H and O–H groups in total. The first-order valence-corrected chi connectivity index (χ1v) is 7.67. The Morgan fingerprint density at radius 1 is 1.48 bits per heavy atom. The van der Waals surface area contributed by atoms with Crippen LogP contribution in [0.1, 0.15) is 24.6 Å². The van der Waals surface area contributed by atoms with Gasteiger partial charge in [-0.25, -0.2) is 0 Å². The van der Waals surface area contributed by atoms with Crippen molar-refractivity contribution in [2.45, 2.75) is 39.0 Å². The molecule has 2 aliphatic heterocycles. The van der Waals surface area contributed by atoms with Crippen molar-refractivity contribution in [3.63, 3.8) is 0 Å². The van der Waals surface area contributed by atoms with Crippen LogP contribution in [0.3, 0.4) is 0 Å². The fourth-order valence-electron chi connectivity index (χ4n) is 3.37. The van der Waals surface area contributed by atoms with Crippen molar-refractivity contribution in [2.75, 3.05) is 26.2 Å². The van der Waals surface area contributed by atoms with Crippen molar-refractivity contribution in [3.8, 4) is 0 Å². The second-order valence-electron chi connectivity index (χ2n) is 5.98. The number of fused-ring (bicyclic) bond motifs is 1. The zero-order valence-electron chi connectivity index (χ0n) is 12.8. The fourth-order valence-corrected chi connectivity index (χ4v) is 3.37. The number of hydrogen-bond donors (Lipinski definition) is 0. The topological polar surface area (TPSA) is 45.7 Å². The predicted molar refractivity (Wildman–Crippen MR) is 79.8 cm³/mol. The van der Waals surface area contributed by atoms with E-state index in [4.69, 9.17) is 4.74 Å². The zero-order chi connectivity index (χ0) is 14.8. The van der Waals surface area contributed by atoms with Crippen molar-refractivity contribution < 1.29 is 9.53 Å². The van der Waals surface area contributed by atoms with Crippen LogP contribution in [0.2, 0.25) is 0 Å². The number of rotatable bonds is 2. The van der Waals surface area contributed by atoms with E-state index in [2.05, 4.69) is 22.9 Å². The monoisotopic (exact) mass is 289 g/mol. The number of hydrogen-bond acceptors (Lipinski definition) is 4. The van der Waals surface area contributed by atoms with Gasteiger partial charge in [-0.1, -0.05) is 6.07 Å². The smallest absolute Gasteiger partial charge is 0.219 e. The highest BCUT2D eigenvalue weighted by atomic mass is 16.5. The van der Waals surface area contributed by atoms with Crippen LogP contribution < -0.4 is 0 Å². The molecule has 2 atom stereocenters. The van der Waals surface area contributed by atoms with Crippen LogP contribution in [0.15, 0.2) is 18.3 Å². The third-order valence-corrected chi connectivity index (χ3v) is 4.56. The molecule has 21 heavy (non-hydrogen) atoms. The Morgan fingerprint density at radius 3 is 3.10 bits per heavy atom. The van der Waals surface area contributed by atoms with Gasteiger partial charge in [0, 0.05) is 39.3 Å². The Kier molecular flexibility index (Phi) is 4.22. The number of amides is 1. The summed E-state index contributed by atoms with van der Waals surface area (Å²) in [5, 5.41) is 0. The molecule has 2 aliphatic rings. The van der Waals surface area contributed by atoms with Crippen LogP contribution in [0.4, 0.5) is 0 Å². The zero-order valence-corrected chi connectivity index (χ0v) is 12.8. The van der Waals surface area contributed by atoms with Gasteiger partial charge in [-0.15, -0.1) is 0 Å². The number of carbonyl (C=O) groups excluding carboxylic acids is 1. The first kappa shape index (κ1) is 14.5. The minimum Gasteiger partial charge on any atom is -0.374 e. The van der Waals surface area contributed by atoms with Gasteiger partial charge in [0.05, 0.1) is 24.4 Å². The van der Waals surface area contributed by atoms with Crippen LogP contribution in [0, 0.1) is 6.92 Å². The second-order valence-corrected chi connectivity index (χ2v) is 5.98. The minimum absolute atomic E-state index is 0.157. The number of piperidine rings is 1. The van der Waals surface area contributed by atoms with Crippen LogP contribution in [0.5, 0.6) is 0 Å². The summed E-state index contributed by atoms with van der Waals surface area (Å²) >= 11 is 0. The van der Waals surface area contributed by atoms with E-state index < -0.39 is 0 Å². The van der Waals surface area contributed by atoms with Gasteiger partial charge in [0.2, 0.25) is 5.91 Å². The van der Waals surface area contributed by atoms with E-state index in [1.165, 1.54) is 5.56 Å². The number of carbonyl (C=O) groups is 1. The van der Waals surface area contributed by atoms with Crippen LogP contribution in [0.25, 0.3) is 0 Å². The summed E-state index contributed by atoms with van der Waals surface area (Å²) in [7, 11) is 0. The molecule has 0 aromatic carbocycles. The van der Waals surface area contributed by atoms with Gasteiger partial charge in [-0.05, 0) is 25.0 Å². The maximum atomic E-state index is 11.8. The van der Waals surface area contributed by atoms with Crippen LogP contribution >= 0.6 is 0 Å². The molecular formula is C16H23N3O2. The van der Waals surface area contributed by atoms with Gasteiger partial charge < -0.3 is 9.64 Å². The number of nitrogens with zero attached hydrogens (tertiary/aromatic N) is 3. The number of likely N-dealkylation sites (tertiary alicyclic amines) is 1. The highest BCUT2D eigenvalue weighted by Gasteiger charge is 2.38. The molecule has 1 amide bonds. The first-order valence-electron chi connectivity index (χ1n) is 7.67. The number of aromatic nitrogens is 1. The molecular weight excluding hydrogens is 266 g/mol. The molecule has 5 nitrogen and oxygen atoms in total. The van der Waals surface area contributed by atoms with Gasteiger partial charge in [0.1, 0.15) is 0 Å². The third kappa shape index (κ3) is 3.09. The van der Waals surface area contributed by atoms with E-state index in [0.717, 1.165) is 31.7 Å². The third-order valence-electron chi connectivity index (χ3n) is 4.56. The van der Waals surface area contributed by atoms with Gasteiger partial charge in [0.15, 0.2) is 0 Å². The summed E-state index contributed by atoms with van der Waals surface area (Å²) in [5.41, 5.74) is 2.35. The highest BCUT2D eigenvalue weighted by Crippen LogP contribution is 2.24. The van der Waals surface area contributed by atoms with E-state index in [1.54, 1.807) is 6.92 Å². The molecule has 5 heteroatoms. The Balaban J connectivity index is 1.69. The van der Waals surface area contributed by atoms with Gasteiger partial charge in [0.25, 0.3) is 0 Å². The molecule has 0 bridgehead atoms. The summed E-state index contributed by atoms with van der Waals surface area (Å²) in [6, 6.07) is 4.26. The molecule has 0 spiro atoms. The lowest BCUT2D eigenvalue weighted by atomic mass is 9.98. The summed E-state index contributed by atoms with van der Waals surface area (Å²) in [4.78, 5) is 20.7. The van der Waals surface area contributed by atoms with E-state index in [1.807, 2.05) is 17.2 Å². The lowest BCUT2D eigenvalue weighted by molar-refractivity contribution is -0.150. The van der Waals surface area contributed by atoms with E-state index in [9.17, 15) is 4.79 Å². The van der Waals surface area contributed by atoms with Crippen LogP contribution in [-0.2, 0) is 16.1 Å². The van der Waals surface area contributed by atoms with Gasteiger partial charge >= 0.3 is 0 Å². The van der Waals surface area contributed by atoms with Crippen molar-refractivity contribution in [2.24, 2.45) is 0 Å². The molecule has 1 aromatic heterocycles. The second kappa shape index (κ2) is 6.12. The molecule has 2 saturated heterocycles. The standard InChI is InChI=1S/C16H23N3O2/c1-12-4-3-6-17-14(12)10-18-7-5-16-15(11-18)19(13(2)20)8-9-21-16/h3-4,6,15-16H,5,7-11H2,1-2H3/t15-,16-/m0/s1. The Hall–Kier alpha value is -1.46. The summed E-state index contributed by atoms with van der Waals surface area (Å²) < 4.78 is 5.85. The number of morpholine rings is 1. The molecule has 0 unspecified atom stereocenters. The summed E-state index contributed by atoms with van der Waals surface area (Å²) in [6.45, 7) is 7.86. The maximum absolute atomic E-state index is 11.8. The fraction of sp³-hybridized carbons (Fsp3) is 0.625. The lowest BCUT2D eigenvalue weighted by Crippen LogP contribution is -2.60. The number of ether oxygens (including phenoxy) is 1. The van der Waals surface area contributed by atoms with Crippen LogP contribution in [-0.4, -0.2) is 59.1 Å². The molecule has 3 rings (SSSR count). The van der Waals surface area contributed by atoms with E-state index in [0.29, 0.717) is 13.2 Å². The summed E-state index contributed by atoms with van der Waals surface area (Å²) in [5.74, 6) is 0.157. The van der Waals surface area contributed by atoms with E-state index in [-0.39, 0.29) is 18.1 Å². The minimum atomic E-state index is 0.157. The number of pyridine rings is 1. The normalized spacial score (nSPS) is 26.5. The lowest BCUT2D eigenvalue weighted by Gasteiger charge is -2.46. The summed E-state index contributed by atoms with van der Waals surface area (Å²) in [6.07, 6.45) is 3.03. The van der Waals surface area contributed by atoms with Crippen molar-refractivity contribution >= 4 is 5.91 Å². The predicted octanol–water partition coefficient (Wildman–Crippen LogP) is 1.21. The molecule has 0 saturated carbocycles. The van der Waals surface area contributed by atoms with Gasteiger partial charge in [-0.3, -0.25) is 14.7 Å². The molecule has 0 radical (unpaired) electrons. The van der Waals surface area contributed by atoms with E-state index >= 15 is 0 Å². The quantitative estimate of drug-likeness (QED) is 0.821. The molecule has 1 aromatic rings. The Labute approximate surface area is 125 Å². The van der Waals surface area contributed by atoms with Crippen molar-refractivity contribution in [3.05, 3.63) is 29.6 Å². The Morgan fingerprint density at radius 2 is 2.33 bits per heavy atom. The van der Waals surface area contributed by atoms with Gasteiger partial charge in [-0.2, -0.15) is 0 Å². The average Bonchev–Trinajstić information content (AvgIpc) is 2.49. The molecule has 3 heterocycles. The molecule has 2 fully saturated rings. The number of aryl methyl sites for hydroxylation is 1. The largest absolute Gasteiger partial charge is 0.374 e. The van der Waals surface area contributed by atoms with Crippen molar-refractivity contribution in [1.29, 1.82) is 0 Å². The van der Waals surface area contributed by atoms with Crippen molar-refractivity contribution in [1.82, 2.24) is 14.8 Å². The maximum Gasteiger partial charge on any atom is 0.219 e. The Bertz CT molecular complexity index is 520. The SMILES string of the molecule is CC(=O)N1CCO[C@H]2CCN(Cc3ncccc3C)C[C@@H]21.